The van der Waals surface area contributed by atoms with Crippen molar-refractivity contribution in [2.75, 3.05) is 14.2 Å². The van der Waals surface area contributed by atoms with Crippen molar-refractivity contribution >= 4 is 0 Å². The van der Waals surface area contributed by atoms with Gasteiger partial charge in [0.1, 0.15) is 11.5 Å². The third-order valence-electron chi connectivity index (χ3n) is 4.09. The summed E-state index contributed by atoms with van der Waals surface area (Å²) in [6.45, 7) is 8.24. The molecule has 18 heavy (non-hydrogen) atoms. The molecule has 0 saturated carbocycles. The zero-order valence-corrected chi connectivity index (χ0v) is 12.1. The summed E-state index contributed by atoms with van der Waals surface area (Å²) >= 11 is 0. The molecule has 0 bridgehead atoms. The molecule has 3 heteroatoms. The number of rotatable bonds is 2. The molecule has 1 heterocycles. The first-order chi connectivity index (χ1) is 8.43. The fourth-order valence-electron chi connectivity index (χ4n) is 2.66. The molecule has 1 unspecified atom stereocenters. The molecule has 0 aromatic heterocycles. The number of ether oxygens (including phenoxy) is 3. The van der Waals surface area contributed by atoms with Crippen LogP contribution in [0.5, 0.6) is 11.5 Å². The first-order valence-corrected chi connectivity index (χ1v) is 6.34. The third kappa shape index (κ3) is 1.87. The van der Waals surface area contributed by atoms with Gasteiger partial charge in [-0.15, -0.1) is 0 Å². The van der Waals surface area contributed by atoms with Crippen molar-refractivity contribution in [2.45, 2.75) is 46.3 Å². The summed E-state index contributed by atoms with van der Waals surface area (Å²) in [5, 5.41) is 0. The van der Waals surface area contributed by atoms with Crippen molar-refractivity contribution in [3.63, 3.8) is 0 Å². The molecule has 0 aliphatic carbocycles. The number of fused-ring (bicyclic) bond motifs is 1. The fraction of sp³-hybridized carbons (Fsp3) is 0.600. The Morgan fingerprint density at radius 3 is 2.28 bits per heavy atom. The summed E-state index contributed by atoms with van der Waals surface area (Å²) in [5.74, 6) is 1.45. The van der Waals surface area contributed by atoms with Gasteiger partial charge in [-0.05, 0) is 43.9 Å². The molecule has 1 aromatic carbocycles. The van der Waals surface area contributed by atoms with E-state index in [1.807, 2.05) is 6.92 Å². The van der Waals surface area contributed by atoms with E-state index in [4.69, 9.17) is 14.2 Å². The van der Waals surface area contributed by atoms with Gasteiger partial charge in [-0.1, -0.05) is 0 Å². The van der Waals surface area contributed by atoms with Crippen LogP contribution in [0.2, 0.25) is 0 Å². The zero-order chi connectivity index (χ0) is 13.5. The molecule has 1 aromatic rings. The monoisotopic (exact) mass is 250 g/mol. The number of hydrogen-bond donors (Lipinski definition) is 0. The van der Waals surface area contributed by atoms with E-state index in [9.17, 15) is 0 Å². The summed E-state index contributed by atoms with van der Waals surface area (Å²) in [5.41, 5.74) is 4.74. The summed E-state index contributed by atoms with van der Waals surface area (Å²) in [6, 6.07) is 0. The molecule has 3 nitrogen and oxygen atoms in total. The summed E-state index contributed by atoms with van der Waals surface area (Å²) in [6.07, 6.45) is 1.83. The Morgan fingerprint density at radius 1 is 1.06 bits per heavy atom. The van der Waals surface area contributed by atoms with E-state index >= 15 is 0 Å². The van der Waals surface area contributed by atoms with Gasteiger partial charge in [0.2, 0.25) is 5.79 Å². The third-order valence-corrected chi connectivity index (χ3v) is 4.09. The van der Waals surface area contributed by atoms with Gasteiger partial charge >= 0.3 is 0 Å². The van der Waals surface area contributed by atoms with E-state index in [1.165, 1.54) is 11.1 Å². The molecular weight excluding hydrogens is 228 g/mol. The molecule has 0 N–H and O–H groups in total. The van der Waals surface area contributed by atoms with Gasteiger partial charge in [0.15, 0.2) is 0 Å². The Morgan fingerprint density at radius 2 is 1.72 bits per heavy atom. The summed E-state index contributed by atoms with van der Waals surface area (Å²) in [7, 11) is 3.42. The second-order valence-corrected chi connectivity index (χ2v) is 5.16. The maximum Gasteiger partial charge on any atom is 0.207 e. The molecule has 0 radical (unpaired) electrons. The molecule has 1 atom stereocenters. The van der Waals surface area contributed by atoms with Crippen LogP contribution < -0.4 is 9.47 Å². The lowest BCUT2D eigenvalue weighted by Crippen LogP contribution is -2.38. The predicted octanol–water partition coefficient (Wildman–Crippen LogP) is 3.31. The average Bonchev–Trinajstić information content (AvgIpc) is 2.37. The normalized spacial score (nSPS) is 22.3. The standard InChI is InChI=1S/C15H22O3/c1-9-10(2)14-12(11(3)13(9)16-5)7-8-15(4,17-6)18-14/h7-8H2,1-6H3. The van der Waals surface area contributed by atoms with Gasteiger partial charge in [0.05, 0.1) is 7.11 Å². The smallest absolute Gasteiger partial charge is 0.207 e. The molecule has 2 rings (SSSR count). The fourth-order valence-corrected chi connectivity index (χ4v) is 2.66. The van der Waals surface area contributed by atoms with Gasteiger partial charge in [0.25, 0.3) is 0 Å². The van der Waals surface area contributed by atoms with Crippen LogP contribution in [-0.4, -0.2) is 20.0 Å². The minimum atomic E-state index is -0.509. The molecular formula is C15H22O3. The number of benzene rings is 1. The average molecular weight is 250 g/mol. The lowest BCUT2D eigenvalue weighted by atomic mass is 9.91. The first-order valence-electron chi connectivity index (χ1n) is 6.34. The van der Waals surface area contributed by atoms with Gasteiger partial charge < -0.3 is 14.2 Å². The lowest BCUT2D eigenvalue weighted by Gasteiger charge is -2.36. The van der Waals surface area contributed by atoms with Gasteiger partial charge in [-0.3, -0.25) is 0 Å². The highest BCUT2D eigenvalue weighted by Gasteiger charge is 2.34. The minimum absolute atomic E-state index is 0.509. The van der Waals surface area contributed by atoms with Crippen LogP contribution in [-0.2, 0) is 11.2 Å². The Kier molecular flexibility index (Phi) is 3.28. The molecule has 0 saturated heterocycles. The van der Waals surface area contributed by atoms with Crippen molar-refractivity contribution in [1.29, 1.82) is 0 Å². The van der Waals surface area contributed by atoms with Crippen molar-refractivity contribution in [2.24, 2.45) is 0 Å². The number of methoxy groups -OCH3 is 2. The largest absolute Gasteiger partial charge is 0.496 e. The maximum absolute atomic E-state index is 6.08. The summed E-state index contributed by atoms with van der Waals surface area (Å²) < 4.78 is 17.1. The SMILES string of the molecule is COc1c(C)c(C)c2c(c1C)CCC(C)(OC)O2. The second-order valence-electron chi connectivity index (χ2n) is 5.16. The summed E-state index contributed by atoms with van der Waals surface area (Å²) in [4.78, 5) is 0. The molecule has 1 aliphatic heterocycles. The lowest BCUT2D eigenvalue weighted by molar-refractivity contribution is -0.160. The van der Waals surface area contributed by atoms with E-state index < -0.39 is 5.79 Å². The van der Waals surface area contributed by atoms with Crippen LogP contribution in [0.1, 0.15) is 35.6 Å². The van der Waals surface area contributed by atoms with Crippen LogP contribution in [0.4, 0.5) is 0 Å². The van der Waals surface area contributed by atoms with E-state index in [2.05, 4.69) is 20.8 Å². The van der Waals surface area contributed by atoms with Crippen LogP contribution in [0.3, 0.4) is 0 Å². The topological polar surface area (TPSA) is 27.7 Å². The molecule has 100 valence electrons. The minimum Gasteiger partial charge on any atom is -0.496 e. The zero-order valence-electron chi connectivity index (χ0n) is 12.1. The molecule has 1 aliphatic rings. The van der Waals surface area contributed by atoms with Gasteiger partial charge in [-0.2, -0.15) is 0 Å². The van der Waals surface area contributed by atoms with Gasteiger partial charge in [0, 0.05) is 26.0 Å². The Hall–Kier alpha value is -1.22. The quantitative estimate of drug-likeness (QED) is 0.806. The molecule has 0 fully saturated rings. The number of hydrogen-bond acceptors (Lipinski definition) is 3. The van der Waals surface area contributed by atoms with Crippen LogP contribution in [0.15, 0.2) is 0 Å². The Labute approximate surface area is 109 Å². The Balaban J connectivity index is 2.59. The Bertz CT molecular complexity index is 479. The van der Waals surface area contributed by atoms with Crippen LogP contribution in [0.25, 0.3) is 0 Å². The van der Waals surface area contributed by atoms with Crippen molar-refractivity contribution in [1.82, 2.24) is 0 Å². The van der Waals surface area contributed by atoms with E-state index in [0.29, 0.717) is 0 Å². The molecule has 0 spiro atoms. The maximum atomic E-state index is 6.08. The van der Waals surface area contributed by atoms with Crippen LogP contribution >= 0.6 is 0 Å². The predicted molar refractivity (Wildman–Crippen MR) is 71.6 cm³/mol. The highest BCUT2D eigenvalue weighted by atomic mass is 16.7. The van der Waals surface area contributed by atoms with Crippen molar-refractivity contribution in [3.05, 3.63) is 22.3 Å². The van der Waals surface area contributed by atoms with Gasteiger partial charge in [-0.25, -0.2) is 0 Å². The van der Waals surface area contributed by atoms with Crippen molar-refractivity contribution < 1.29 is 14.2 Å². The van der Waals surface area contributed by atoms with E-state index in [-0.39, 0.29) is 0 Å². The van der Waals surface area contributed by atoms with Crippen molar-refractivity contribution in [3.8, 4) is 11.5 Å². The second kappa shape index (κ2) is 4.47. The molecule has 0 amide bonds. The van der Waals surface area contributed by atoms with E-state index in [0.717, 1.165) is 35.5 Å². The highest BCUT2D eigenvalue weighted by Crippen LogP contribution is 2.43. The van der Waals surface area contributed by atoms with E-state index in [1.54, 1.807) is 14.2 Å². The first kappa shape index (κ1) is 13.2. The van der Waals surface area contributed by atoms with Crippen LogP contribution in [0, 0.1) is 20.8 Å². The highest BCUT2D eigenvalue weighted by molar-refractivity contribution is 5.58.